The minimum absolute atomic E-state index is 0.133. The molecule has 3 rings (SSSR count). The number of benzene rings is 1. The van der Waals surface area contributed by atoms with Crippen molar-refractivity contribution in [3.05, 3.63) is 18.2 Å². The molecule has 1 saturated heterocycles. The van der Waals surface area contributed by atoms with Crippen LogP contribution in [0.4, 0.5) is 11.4 Å². The maximum absolute atomic E-state index is 12.1. The number of ether oxygens (including phenoxy) is 1. The van der Waals surface area contributed by atoms with Gasteiger partial charge in [-0.25, -0.2) is 0 Å². The second-order valence-electron chi connectivity index (χ2n) is 4.76. The molecule has 0 saturated carbocycles. The molecule has 0 aliphatic carbocycles. The lowest BCUT2D eigenvalue weighted by Crippen LogP contribution is -2.61. The van der Waals surface area contributed by atoms with Gasteiger partial charge in [-0.15, -0.1) is 0 Å². The van der Waals surface area contributed by atoms with Crippen molar-refractivity contribution >= 4 is 17.3 Å². The Morgan fingerprint density at radius 1 is 1.44 bits per heavy atom. The lowest BCUT2D eigenvalue weighted by molar-refractivity contribution is -0.119. The third-order valence-electron chi connectivity index (χ3n) is 3.61. The first kappa shape index (κ1) is 11.3. The van der Waals surface area contributed by atoms with E-state index < -0.39 is 0 Å². The summed E-state index contributed by atoms with van der Waals surface area (Å²) in [5.74, 6) is 0.952. The van der Waals surface area contributed by atoms with Gasteiger partial charge in [-0.1, -0.05) is 6.07 Å². The molecule has 2 heterocycles. The number of methoxy groups -OCH3 is 1. The summed E-state index contributed by atoms with van der Waals surface area (Å²) in [6, 6.07) is 6.06. The van der Waals surface area contributed by atoms with E-state index in [1.54, 1.807) is 7.11 Å². The molecule has 5 nitrogen and oxygen atoms in total. The number of para-hydroxylation sites is 1. The van der Waals surface area contributed by atoms with Crippen molar-refractivity contribution in [1.82, 2.24) is 5.32 Å². The lowest BCUT2D eigenvalue weighted by Gasteiger charge is -2.44. The second-order valence-corrected chi connectivity index (χ2v) is 4.76. The predicted molar refractivity (Wildman–Crippen MR) is 70.4 cm³/mol. The number of rotatable bonds is 1. The third kappa shape index (κ3) is 1.54. The fraction of sp³-hybridized carbons (Fsp3) is 0.462. The van der Waals surface area contributed by atoms with Gasteiger partial charge < -0.3 is 19.9 Å². The molecule has 1 atom stereocenters. The van der Waals surface area contributed by atoms with Crippen LogP contribution < -0.4 is 19.9 Å². The highest BCUT2D eigenvalue weighted by molar-refractivity contribution is 6.01. The Hall–Kier alpha value is -1.75. The number of hydrogen-bond donors (Lipinski definition) is 1. The highest BCUT2D eigenvalue weighted by Gasteiger charge is 2.36. The van der Waals surface area contributed by atoms with Gasteiger partial charge in [-0.05, 0) is 12.1 Å². The van der Waals surface area contributed by atoms with E-state index in [4.69, 9.17) is 4.74 Å². The average Bonchev–Trinajstić information content (AvgIpc) is 2.38. The van der Waals surface area contributed by atoms with Crippen molar-refractivity contribution < 1.29 is 9.53 Å². The zero-order valence-corrected chi connectivity index (χ0v) is 10.6. The summed E-state index contributed by atoms with van der Waals surface area (Å²) in [5, 5.41) is 3.16. The number of fused-ring (bicyclic) bond motifs is 3. The van der Waals surface area contributed by atoms with Crippen LogP contribution in [0.5, 0.6) is 5.75 Å². The molecule has 18 heavy (non-hydrogen) atoms. The summed E-state index contributed by atoms with van der Waals surface area (Å²) in [4.78, 5) is 16.2. The molecule has 1 aromatic rings. The topological polar surface area (TPSA) is 44.8 Å². The summed E-state index contributed by atoms with van der Waals surface area (Å²) in [7, 11) is 3.70. The van der Waals surface area contributed by atoms with Gasteiger partial charge in [0.1, 0.15) is 11.4 Å². The molecule has 1 unspecified atom stereocenters. The summed E-state index contributed by atoms with van der Waals surface area (Å²) < 4.78 is 5.40. The highest BCUT2D eigenvalue weighted by Crippen LogP contribution is 2.41. The smallest absolute Gasteiger partial charge is 0.241 e. The molecule has 5 heteroatoms. The molecule has 1 fully saturated rings. The van der Waals surface area contributed by atoms with E-state index in [0.717, 1.165) is 30.2 Å². The molecule has 0 spiro atoms. The number of carbonyl (C=O) groups is 1. The minimum atomic E-state index is 0.133. The summed E-state index contributed by atoms with van der Waals surface area (Å²) in [5.41, 5.74) is 1.96. The number of likely N-dealkylation sites (N-methyl/N-ethyl adjacent to an activating group) is 1. The van der Waals surface area contributed by atoms with Gasteiger partial charge >= 0.3 is 0 Å². The molecule has 2 aliphatic heterocycles. The van der Waals surface area contributed by atoms with Crippen molar-refractivity contribution in [1.29, 1.82) is 0 Å². The average molecular weight is 247 g/mol. The van der Waals surface area contributed by atoms with E-state index in [2.05, 4.69) is 10.2 Å². The van der Waals surface area contributed by atoms with Crippen LogP contribution in [0.1, 0.15) is 0 Å². The highest BCUT2D eigenvalue weighted by atomic mass is 16.5. The van der Waals surface area contributed by atoms with Crippen LogP contribution in [0.25, 0.3) is 0 Å². The lowest BCUT2D eigenvalue weighted by atomic mass is 10.0. The fourth-order valence-electron chi connectivity index (χ4n) is 2.86. The maximum Gasteiger partial charge on any atom is 0.241 e. The predicted octanol–water partition coefficient (Wildman–Crippen LogP) is 0.450. The van der Waals surface area contributed by atoms with E-state index in [-0.39, 0.29) is 11.9 Å². The fourth-order valence-corrected chi connectivity index (χ4v) is 2.86. The van der Waals surface area contributed by atoms with Gasteiger partial charge in [0.25, 0.3) is 0 Å². The number of amides is 1. The SMILES string of the molecule is COc1cccc2c1N(C)CC1CNCC(=O)N21. The molecular weight excluding hydrogens is 230 g/mol. The first-order valence-electron chi connectivity index (χ1n) is 6.13. The van der Waals surface area contributed by atoms with E-state index in [0.29, 0.717) is 6.54 Å². The summed E-state index contributed by atoms with van der Waals surface area (Å²) >= 11 is 0. The van der Waals surface area contributed by atoms with Gasteiger partial charge in [0.2, 0.25) is 5.91 Å². The largest absolute Gasteiger partial charge is 0.495 e. The Morgan fingerprint density at radius 2 is 2.28 bits per heavy atom. The number of hydrogen-bond acceptors (Lipinski definition) is 4. The normalized spacial score (nSPS) is 22.6. The van der Waals surface area contributed by atoms with Crippen LogP contribution >= 0.6 is 0 Å². The monoisotopic (exact) mass is 247 g/mol. The Balaban J connectivity index is 2.13. The number of piperazine rings is 1. The molecule has 1 amide bonds. The first-order chi connectivity index (χ1) is 8.72. The second kappa shape index (κ2) is 4.17. The van der Waals surface area contributed by atoms with Gasteiger partial charge in [-0.3, -0.25) is 4.79 Å². The third-order valence-corrected chi connectivity index (χ3v) is 3.61. The van der Waals surface area contributed by atoms with Crippen molar-refractivity contribution in [2.24, 2.45) is 0 Å². The molecule has 0 bridgehead atoms. The number of carbonyl (C=O) groups excluding carboxylic acids is 1. The molecular formula is C13H17N3O2. The quantitative estimate of drug-likeness (QED) is 0.782. The molecule has 0 radical (unpaired) electrons. The van der Waals surface area contributed by atoms with E-state index in [1.807, 2.05) is 30.1 Å². The maximum atomic E-state index is 12.1. The van der Waals surface area contributed by atoms with Gasteiger partial charge in [0, 0.05) is 20.1 Å². The van der Waals surface area contributed by atoms with Gasteiger partial charge in [0.15, 0.2) is 0 Å². The minimum Gasteiger partial charge on any atom is -0.495 e. The first-order valence-corrected chi connectivity index (χ1v) is 6.13. The number of nitrogens with zero attached hydrogens (tertiary/aromatic N) is 2. The Labute approximate surface area is 106 Å². The van der Waals surface area contributed by atoms with Crippen LogP contribution in [-0.4, -0.2) is 45.7 Å². The Kier molecular flexibility index (Phi) is 2.63. The van der Waals surface area contributed by atoms with Crippen LogP contribution in [-0.2, 0) is 4.79 Å². The zero-order chi connectivity index (χ0) is 12.7. The number of nitrogens with one attached hydrogen (secondary N) is 1. The molecule has 1 aromatic carbocycles. The van der Waals surface area contributed by atoms with E-state index in [1.165, 1.54) is 0 Å². The standard InChI is InChI=1S/C13H17N3O2/c1-15-8-9-6-14-7-12(17)16(9)10-4-3-5-11(18-2)13(10)15/h3-5,9,14H,6-8H2,1-2H3. The Morgan fingerprint density at radius 3 is 3.06 bits per heavy atom. The number of anilines is 2. The van der Waals surface area contributed by atoms with Gasteiger partial charge in [0.05, 0.1) is 25.4 Å². The summed E-state index contributed by atoms with van der Waals surface area (Å²) in [6.07, 6.45) is 0. The molecule has 0 aromatic heterocycles. The van der Waals surface area contributed by atoms with Crippen molar-refractivity contribution in [3.63, 3.8) is 0 Å². The van der Waals surface area contributed by atoms with Crippen LogP contribution in [0.2, 0.25) is 0 Å². The van der Waals surface area contributed by atoms with Crippen LogP contribution in [0, 0.1) is 0 Å². The molecule has 96 valence electrons. The van der Waals surface area contributed by atoms with E-state index >= 15 is 0 Å². The molecule has 2 aliphatic rings. The van der Waals surface area contributed by atoms with Crippen molar-refractivity contribution in [2.45, 2.75) is 6.04 Å². The van der Waals surface area contributed by atoms with Crippen LogP contribution in [0.3, 0.4) is 0 Å². The van der Waals surface area contributed by atoms with Gasteiger partial charge in [-0.2, -0.15) is 0 Å². The van der Waals surface area contributed by atoms with Crippen LogP contribution in [0.15, 0.2) is 18.2 Å². The van der Waals surface area contributed by atoms with Crippen molar-refractivity contribution in [3.8, 4) is 5.75 Å². The van der Waals surface area contributed by atoms with Crippen molar-refractivity contribution in [2.75, 3.05) is 43.6 Å². The Bertz CT molecular complexity index is 489. The van der Waals surface area contributed by atoms with E-state index in [9.17, 15) is 4.79 Å². The zero-order valence-electron chi connectivity index (χ0n) is 10.6. The summed E-state index contributed by atoms with van der Waals surface area (Å²) in [6.45, 7) is 2.08. The molecule has 1 N–H and O–H groups in total.